The molecule has 0 saturated carbocycles. The van der Waals surface area contributed by atoms with Crippen LogP contribution in [0.2, 0.25) is 10.0 Å². The number of oxazole rings is 1. The fourth-order valence-corrected chi connectivity index (χ4v) is 2.78. The van der Waals surface area contributed by atoms with Crippen molar-refractivity contribution >= 4 is 55.9 Å². The zero-order chi connectivity index (χ0) is 13.6. The van der Waals surface area contributed by atoms with E-state index >= 15 is 0 Å². The predicted molar refractivity (Wildman–Crippen MR) is 81.6 cm³/mol. The molecule has 2 aromatic carbocycles. The average Bonchev–Trinajstić information content (AvgIpc) is 2.71. The minimum atomic E-state index is 0.458. The monoisotopic (exact) mass is 356 g/mol. The molecular formula is C13H7BrCl2N2O. The summed E-state index contributed by atoms with van der Waals surface area (Å²) in [6, 6.07) is 8.79. The summed E-state index contributed by atoms with van der Waals surface area (Å²) in [5, 5.41) is 1.06. The maximum atomic E-state index is 6.01. The van der Waals surface area contributed by atoms with Gasteiger partial charge in [-0.3, -0.25) is 0 Å². The zero-order valence-electron chi connectivity index (χ0n) is 9.45. The largest absolute Gasteiger partial charge is 0.436 e. The predicted octanol–water partition coefficient (Wildman–Crippen LogP) is 5.15. The average molecular weight is 358 g/mol. The van der Waals surface area contributed by atoms with E-state index < -0.39 is 0 Å². The first kappa shape index (κ1) is 12.8. The number of nitrogens with two attached hydrogens (primary N) is 1. The number of nitrogens with zero attached hydrogens (tertiary/aromatic N) is 1. The maximum absolute atomic E-state index is 6.01. The Hall–Kier alpha value is -1.23. The third-order valence-electron chi connectivity index (χ3n) is 2.62. The van der Waals surface area contributed by atoms with Gasteiger partial charge >= 0.3 is 0 Å². The van der Waals surface area contributed by atoms with E-state index in [0.717, 1.165) is 10.0 Å². The van der Waals surface area contributed by atoms with Gasteiger partial charge in [0.2, 0.25) is 5.89 Å². The van der Waals surface area contributed by atoms with Crippen LogP contribution < -0.4 is 5.73 Å². The van der Waals surface area contributed by atoms with Crippen LogP contribution in [0.4, 0.5) is 5.69 Å². The Balaban J connectivity index is 2.20. The number of hydrogen-bond donors (Lipinski definition) is 1. The van der Waals surface area contributed by atoms with Crippen molar-refractivity contribution in [3.63, 3.8) is 0 Å². The van der Waals surface area contributed by atoms with Crippen molar-refractivity contribution in [1.82, 2.24) is 4.98 Å². The van der Waals surface area contributed by atoms with Crippen LogP contribution in [0.3, 0.4) is 0 Å². The third kappa shape index (κ3) is 2.43. The van der Waals surface area contributed by atoms with Crippen LogP contribution in [0, 0.1) is 0 Å². The third-order valence-corrected chi connectivity index (χ3v) is 3.62. The Bertz CT molecular complexity index is 726. The lowest BCUT2D eigenvalue weighted by Crippen LogP contribution is -1.84. The van der Waals surface area contributed by atoms with Crippen LogP contribution in [-0.2, 0) is 0 Å². The van der Waals surface area contributed by atoms with Gasteiger partial charge in [0.25, 0.3) is 0 Å². The fourth-order valence-electron chi connectivity index (χ4n) is 1.76. The van der Waals surface area contributed by atoms with E-state index in [1.54, 1.807) is 24.3 Å². The summed E-state index contributed by atoms with van der Waals surface area (Å²) in [5.74, 6) is 0.472. The van der Waals surface area contributed by atoms with Crippen molar-refractivity contribution in [2.75, 3.05) is 5.73 Å². The summed E-state index contributed by atoms with van der Waals surface area (Å²) in [6.45, 7) is 0. The molecule has 19 heavy (non-hydrogen) atoms. The lowest BCUT2D eigenvalue weighted by atomic mass is 10.2. The molecule has 0 unspecified atom stereocenters. The van der Waals surface area contributed by atoms with E-state index in [4.69, 9.17) is 33.4 Å². The van der Waals surface area contributed by atoms with E-state index in [0.29, 0.717) is 32.7 Å². The Morgan fingerprint density at radius 1 is 1.11 bits per heavy atom. The molecule has 0 radical (unpaired) electrons. The van der Waals surface area contributed by atoms with Gasteiger partial charge in [-0.15, -0.1) is 0 Å². The van der Waals surface area contributed by atoms with Gasteiger partial charge in [0.15, 0.2) is 5.58 Å². The highest BCUT2D eigenvalue weighted by Gasteiger charge is 2.11. The minimum absolute atomic E-state index is 0.458. The number of anilines is 1. The summed E-state index contributed by atoms with van der Waals surface area (Å²) < 4.78 is 6.53. The van der Waals surface area contributed by atoms with Gasteiger partial charge in [-0.2, -0.15) is 0 Å². The van der Waals surface area contributed by atoms with E-state index in [-0.39, 0.29) is 0 Å². The lowest BCUT2D eigenvalue weighted by Gasteiger charge is -1.98. The van der Waals surface area contributed by atoms with Crippen molar-refractivity contribution < 1.29 is 4.42 Å². The summed E-state index contributed by atoms with van der Waals surface area (Å²) in [6.07, 6.45) is 0. The Morgan fingerprint density at radius 2 is 1.89 bits per heavy atom. The van der Waals surface area contributed by atoms with E-state index in [2.05, 4.69) is 20.9 Å². The van der Waals surface area contributed by atoms with Crippen LogP contribution in [0.15, 0.2) is 39.2 Å². The van der Waals surface area contributed by atoms with E-state index in [9.17, 15) is 0 Å². The van der Waals surface area contributed by atoms with Gasteiger partial charge in [-0.25, -0.2) is 4.98 Å². The van der Waals surface area contributed by atoms with Gasteiger partial charge in [-0.05, 0) is 24.3 Å². The molecule has 1 aromatic heterocycles. The second-order valence-corrected chi connectivity index (χ2v) is 5.78. The topological polar surface area (TPSA) is 52.0 Å². The highest BCUT2D eigenvalue weighted by Crippen LogP contribution is 2.32. The van der Waals surface area contributed by atoms with Gasteiger partial charge in [-0.1, -0.05) is 39.1 Å². The Labute approximate surface area is 127 Å². The smallest absolute Gasteiger partial charge is 0.227 e. The summed E-state index contributed by atoms with van der Waals surface area (Å²) in [5.41, 5.74) is 8.23. The molecule has 0 bridgehead atoms. The minimum Gasteiger partial charge on any atom is -0.436 e. The quantitative estimate of drug-likeness (QED) is 0.613. The van der Waals surface area contributed by atoms with Gasteiger partial charge < -0.3 is 10.2 Å². The molecule has 0 aliphatic carbocycles. The van der Waals surface area contributed by atoms with Crippen LogP contribution >= 0.6 is 39.1 Å². The molecule has 1 heterocycles. The lowest BCUT2D eigenvalue weighted by molar-refractivity contribution is 0.620. The zero-order valence-corrected chi connectivity index (χ0v) is 12.6. The molecule has 0 amide bonds. The molecular weight excluding hydrogens is 351 g/mol. The number of rotatable bonds is 1. The molecule has 0 aliphatic rings. The molecule has 3 aromatic rings. The van der Waals surface area contributed by atoms with Gasteiger partial charge in [0, 0.05) is 21.1 Å². The Kier molecular flexibility index (Phi) is 3.17. The highest BCUT2D eigenvalue weighted by atomic mass is 79.9. The molecule has 96 valence electrons. The van der Waals surface area contributed by atoms with Crippen molar-refractivity contribution in [3.05, 3.63) is 44.8 Å². The first-order valence-corrected chi connectivity index (χ1v) is 6.90. The number of benzene rings is 2. The first-order valence-electron chi connectivity index (χ1n) is 5.35. The fraction of sp³-hybridized carbons (Fsp3) is 0. The van der Waals surface area contributed by atoms with Crippen LogP contribution in [-0.4, -0.2) is 4.98 Å². The molecule has 3 rings (SSSR count). The molecule has 6 heteroatoms. The standard InChI is InChI=1S/C13H7BrCl2N2O/c14-7-1-6(2-8(15)3-7)13-18-11-4-9(16)10(17)5-12(11)19-13/h1-5H,17H2. The van der Waals surface area contributed by atoms with Crippen molar-refractivity contribution in [2.24, 2.45) is 0 Å². The number of fused-ring (bicyclic) bond motifs is 1. The highest BCUT2D eigenvalue weighted by molar-refractivity contribution is 9.10. The van der Waals surface area contributed by atoms with Crippen LogP contribution in [0.1, 0.15) is 0 Å². The summed E-state index contributed by atoms with van der Waals surface area (Å²) in [4.78, 5) is 4.38. The maximum Gasteiger partial charge on any atom is 0.227 e. The first-order chi connectivity index (χ1) is 9.02. The summed E-state index contributed by atoms with van der Waals surface area (Å²) >= 11 is 15.3. The molecule has 0 aliphatic heterocycles. The van der Waals surface area contributed by atoms with Crippen LogP contribution in [0.25, 0.3) is 22.6 Å². The Morgan fingerprint density at radius 3 is 2.63 bits per heavy atom. The summed E-state index contributed by atoms with van der Waals surface area (Å²) in [7, 11) is 0. The molecule has 0 atom stereocenters. The number of aromatic nitrogens is 1. The van der Waals surface area contributed by atoms with Crippen molar-refractivity contribution in [3.8, 4) is 11.5 Å². The molecule has 3 nitrogen and oxygen atoms in total. The molecule has 0 fully saturated rings. The second-order valence-electron chi connectivity index (χ2n) is 4.02. The van der Waals surface area contributed by atoms with Crippen molar-refractivity contribution in [1.29, 1.82) is 0 Å². The number of hydrogen-bond acceptors (Lipinski definition) is 3. The molecule has 0 saturated heterocycles. The SMILES string of the molecule is Nc1cc2oc(-c3cc(Cl)cc(Br)c3)nc2cc1Cl. The molecule has 2 N–H and O–H groups in total. The van der Waals surface area contributed by atoms with E-state index in [1.165, 1.54) is 0 Å². The normalized spacial score (nSPS) is 11.1. The van der Waals surface area contributed by atoms with Gasteiger partial charge in [0.1, 0.15) is 5.52 Å². The second kappa shape index (κ2) is 4.71. The number of halogens is 3. The number of nitrogen functional groups attached to an aromatic ring is 1. The van der Waals surface area contributed by atoms with Gasteiger partial charge in [0.05, 0.1) is 10.7 Å². The molecule has 0 spiro atoms. The van der Waals surface area contributed by atoms with Crippen molar-refractivity contribution in [2.45, 2.75) is 0 Å². The van der Waals surface area contributed by atoms with Crippen LogP contribution in [0.5, 0.6) is 0 Å². The van der Waals surface area contributed by atoms with E-state index in [1.807, 2.05) is 6.07 Å².